The van der Waals surface area contributed by atoms with Gasteiger partial charge in [-0.1, -0.05) is 97.0 Å². The van der Waals surface area contributed by atoms with Crippen LogP contribution in [0.1, 0.15) is 38.7 Å². The minimum absolute atomic E-state index is 0.0290. The molecule has 220 valence electrons. The average Bonchev–Trinajstić information content (AvgIpc) is 2.95. The summed E-state index contributed by atoms with van der Waals surface area (Å²) in [7, 11) is -4.28. The van der Waals surface area contributed by atoms with Crippen molar-refractivity contribution in [3.63, 3.8) is 0 Å². The highest BCUT2D eigenvalue weighted by Crippen LogP contribution is 2.35. The maximum atomic E-state index is 14.1. The van der Waals surface area contributed by atoms with Gasteiger partial charge in [0.1, 0.15) is 12.6 Å². The summed E-state index contributed by atoms with van der Waals surface area (Å²) >= 11 is 25.2. The first-order chi connectivity index (χ1) is 19.5. The van der Waals surface area contributed by atoms with E-state index in [0.717, 1.165) is 17.1 Å². The molecule has 0 aliphatic rings. The SMILES string of the molecule is CCCCNC(=O)[C@@H](CC)N(Cc1ccc(Cl)cc1Cl)C(=O)CN(c1cccc(Cl)c1Cl)S(=O)(=O)c1ccccc1. The number of halogens is 4. The normalized spacial score (nSPS) is 12.0. The maximum Gasteiger partial charge on any atom is 0.264 e. The van der Waals surface area contributed by atoms with Crippen LogP contribution < -0.4 is 9.62 Å². The van der Waals surface area contributed by atoms with E-state index in [4.69, 9.17) is 46.4 Å². The molecule has 0 saturated heterocycles. The molecule has 0 aliphatic carbocycles. The highest BCUT2D eigenvalue weighted by molar-refractivity contribution is 7.92. The largest absolute Gasteiger partial charge is 0.354 e. The third-order valence-electron chi connectivity index (χ3n) is 6.38. The Labute approximate surface area is 261 Å². The van der Waals surface area contributed by atoms with Gasteiger partial charge >= 0.3 is 0 Å². The minimum Gasteiger partial charge on any atom is -0.354 e. The van der Waals surface area contributed by atoms with Crippen LogP contribution >= 0.6 is 46.4 Å². The van der Waals surface area contributed by atoms with E-state index in [9.17, 15) is 18.0 Å². The van der Waals surface area contributed by atoms with Crippen molar-refractivity contribution in [2.75, 3.05) is 17.4 Å². The zero-order chi connectivity index (χ0) is 30.2. The molecule has 0 radical (unpaired) electrons. The zero-order valence-corrected chi connectivity index (χ0v) is 26.5. The summed E-state index contributed by atoms with van der Waals surface area (Å²) in [6.45, 7) is 3.52. The van der Waals surface area contributed by atoms with Crippen LogP contribution in [-0.2, 0) is 26.2 Å². The van der Waals surface area contributed by atoms with Crippen molar-refractivity contribution < 1.29 is 18.0 Å². The van der Waals surface area contributed by atoms with E-state index >= 15 is 0 Å². The molecule has 12 heteroatoms. The Morgan fingerprint density at radius 3 is 2.24 bits per heavy atom. The van der Waals surface area contributed by atoms with Crippen LogP contribution in [0.3, 0.4) is 0 Å². The minimum atomic E-state index is -4.28. The van der Waals surface area contributed by atoms with E-state index in [1.165, 1.54) is 29.2 Å². The lowest BCUT2D eigenvalue weighted by Crippen LogP contribution is -2.52. The third-order valence-corrected chi connectivity index (χ3v) is 9.55. The molecular weight excluding hydrogens is 628 g/mol. The second-order valence-corrected chi connectivity index (χ2v) is 12.7. The number of nitrogens with one attached hydrogen (secondary N) is 1. The summed E-state index contributed by atoms with van der Waals surface area (Å²) in [5.41, 5.74) is 0.573. The van der Waals surface area contributed by atoms with Crippen molar-refractivity contribution >= 4 is 73.9 Å². The molecule has 0 aromatic heterocycles. The number of amides is 2. The van der Waals surface area contributed by atoms with Gasteiger partial charge in [-0.3, -0.25) is 13.9 Å². The van der Waals surface area contributed by atoms with Crippen LogP contribution in [0.2, 0.25) is 20.1 Å². The van der Waals surface area contributed by atoms with Gasteiger partial charge in [-0.2, -0.15) is 0 Å². The Bertz CT molecular complexity index is 1470. The predicted octanol–water partition coefficient (Wildman–Crippen LogP) is 7.22. The van der Waals surface area contributed by atoms with E-state index in [1.54, 1.807) is 49.4 Å². The van der Waals surface area contributed by atoms with E-state index in [0.29, 0.717) is 22.2 Å². The fourth-order valence-electron chi connectivity index (χ4n) is 4.18. The first-order valence-corrected chi connectivity index (χ1v) is 16.0. The van der Waals surface area contributed by atoms with Crippen LogP contribution in [0.25, 0.3) is 0 Å². The molecular formula is C29H31Cl4N3O4S. The van der Waals surface area contributed by atoms with Crippen LogP contribution in [0.15, 0.2) is 71.6 Å². The number of unbranched alkanes of at least 4 members (excludes halogenated alkanes) is 1. The van der Waals surface area contributed by atoms with E-state index in [2.05, 4.69) is 5.32 Å². The average molecular weight is 659 g/mol. The number of sulfonamides is 1. The molecule has 0 spiro atoms. The van der Waals surface area contributed by atoms with Crippen LogP contribution in [0, 0.1) is 0 Å². The number of nitrogens with zero attached hydrogens (tertiary/aromatic N) is 2. The lowest BCUT2D eigenvalue weighted by atomic mass is 10.1. The van der Waals surface area contributed by atoms with Gasteiger partial charge in [0.2, 0.25) is 11.8 Å². The topological polar surface area (TPSA) is 86.8 Å². The first kappa shape index (κ1) is 33.0. The summed E-state index contributed by atoms with van der Waals surface area (Å²) in [4.78, 5) is 28.7. The summed E-state index contributed by atoms with van der Waals surface area (Å²) in [6, 6.07) is 16.2. The van der Waals surface area contributed by atoms with Crippen molar-refractivity contribution in [3.05, 3.63) is 92.4 Å². The summed E-state index contributed by atoms with van der Waals surface area (Å²) in [6.07, 6.45) is 1.93. The second kappa shape index (κ2) is 15.1. The molecule has 0 fully saturated rings. The number of benzene rings is 3. The van der Waals surface area contributed by atoms with Gasteiger partial charge in [0, 0.05) is 23.1 Å². The standard InChI is InChI=1S/C29H31Cl4N3O4S/c1-3-5-16-34-29(38)25(4-2)35(18-20-14-15-21(30)17-24(20)32)27(37)19-36(26-13-9-12-23(31)28(26)33)41(39,40)22-10-7-6-8-11-22/h6-15,17,25H,3-5,16,18-19H2,1-2H3,(H,34,38)/t25-/m1/s1. The van der Waals surface area contributed by atoms with Gasteiger partial charge in [-0.05, 0) is 54.8 Å². The maximum absolute atomic E-state index is 14.1. The number of anilines is 1. The third kappa shape index (κ3) is 8.30. The Balaban J connectivity index is 2.09. The lowest BCUT2D eigenvalue weighted by Gasteiger charge is -2.33. The second-order valence-electron chi connectivity index (χ2n) is 9.22. The molecule has 0 aliphatic heterocycles. The number of rotatable bonds is 13. The molecule has 0 heterocycles. The van der Waals surface area contributed by atoms with E-state index in [-0.39, 0.29) is 39.5 Å². The Morgan fingerprint density at radius 2 is 1.61 bits per heavy atom. The van der Waals surface area contributed by atoms with Crippen LogP contribution in [0.4, 0.5) is 5.69 Å². The molecule has 3 aromatic carbocycles. The summed E-state index contributed by atoms with van der Waals surface area (Å²) in [5, 5.41) is 3.69. The quantitative estimate of drug-likeness (QED) is 0.197. The Kier molecular flexibility index (Phi) is 12.2. The molecule has 41 heavy (non-hydrogen) atoms. The first-order valence-electron chi connectivity index (χ1n) is 13.0. The molecule has 1 atom stereocenters. The summed E-state index contributed by atoms with van der Waals surface area (Å²) in [5.74, 6) is -0.985. The Morgan fingerprint density at radius 1 is 0.902 bits per heavy atom. The molecule has 3 rings (SSSR count). The molecule has 7 nitrogen and oxygen atoms in total. The number of hydrogen-bond donors (Lipinski definition) is 1. The number of hydrogen-bond acceptors (Lipinski definition) is 4. The zero-order valence-electron chi connectivity index (χ0n) is 22.6. The fraction of sp³-hybridized carbons (Fsp3) is 0.310. The lowest BCUT2D eigenvalue weighted by molar-refractivity contribution is -0.140. The Hall–Kier alpha value is -2.49. The molecule has 2 amide bonds. The van der Waals surface area contributed by atoms with Crippen molar-refractivity contribution in [3.8, 4) is 0 Å². The van der Waals surface area contributed by atoms with Gasteiger partial charge in [-0.25, -0.2) is 8.42 Å². The highest BCUT2D eigenvalue weighted by Gasteiger charge is 2.34. The van der Waals surface area contributed by atoms with Crippen LogP contribution in [-0.4, -0.2) is 44.3 Å². The fourth-order valence-corrected chi connectivity index (χ4v) is 6.54. The molecule has 1 N–H and O–H groups in total. The molecule has 0 bridgehead atoms. The predicted molar refractivity (Wildman–Crippen MR) is 166 cm³/mol. The van der Waals surface area contributed by atoms with Gasteiger partial charge in [0.05, 0.1) is 20.6 Å². The van der Waals surface area contributed by atoms with E-state index in [1.807, 2.05) is 6.92 Å². The van der Waals surface area contributed by atoms with Gasteiger partial charge in [0.25, 0.3) is 10.0 Å². The number of carbonyl (C=O) groups excluding carboxylic acids is 2. The van der Waals surface area contributed by atoms with Gasteiger partial charge in [0.15, 0.2) is 0 Å². The van der Waals surface area contributed by atoms with Gasteiger partial charge in [-0.15, -0.1) is 0 Å². The monoisotopic (exact) mass is 657 g/mol. The van der Waals surface area contributed by atoms with E-state index < -0.39 is 28.5 Å². The van der Waals surface area contributed by atoms with Crippen molar-refractivity contribution in [2.24, 2.45) is 0 Å². The molecule has 0 saturated carbocycles. The molecule has 0 unspecified atom stereocenters. The van der Waals surface area contributed by atoms with Crippen molar-refractivity contribution in [1.29, 1.82) is 0 Å². The molecule has 3 aromatic rings. The van der Waals surface area contributed by atoms with Crippen molar-refractivity contribution in [1.82, 2.24) is 10.2 Å². The highest BCUT2D eigenvalue weighted by atomic mass is 35.5. The van der Waals surface area contributed by atoms with Crippen LogP contribution in [0.5, 0.6) is 0 Å². The number of carbonyl (C=O) groups is 2. The van der Waals surface area contributed by atoms with Crippen molar-refractivity contribution in [2.45, 2.75) is 50.6 Å². The smallest absolute Gasteiger partial charge is 0.264 e. The summed E-state index contributed by atoms with van der Waals surface area (Å²) < 4.78 is 28.7. The van der Waals surface area contributed by atoms with Gasteiger partial charge < -0.3 is 10.2 Å².